The minimum atomic E-state index is 1.04. The fraction of sp³-hybridized carbons (Fsp3) is 0.652. The lowest BCUT2D eigenvalue weighted by molar-refractivity contribution is 0.566. The average molecular weight is 317 g/mol. The second kappa shape index (κ2) is 21.0. The monoisotopic (exact) mass is 316 g/mol. The molecule has 0 heteroatoms. The van der Waals surface area contributed by atoms with Crippen LogP contribution in [0, 0.1) is 0 Å². The van der Waals surface area contributed by atoms with Gasteiger partial charge in [-0.05, 0) is 32.1 Å². The van der Waals surface area contributed by atoms with Crippen LogP contribution in [0.2, 0.25) is 0 Å². The molecular formula is C23H40. The molecule has 0 spiro atoms. The Kier molecular flexibility index (Phi) is 20.0. The number of hydrogen-bond donors (Lipinski definition) is 0. The van der Waals surface area contributed by atoms with E-state index in [1.165, 1.54) is 64.2 Å². The van der Waals surface area contributed by atoms with Gasteiger partial charge in [0.2, 0.25) is 0 Å². The highest BCUT2D eigenvalue weighted by atomic mass is 14.0. The summed E-state index contributed by atoms with van der Waals surface area (Å²) in [4.78, 5) is 0. The summed E-state index contributed by atoms with van der Waals surface area (Å²) in [7, 11) is 0. The van der Waals surface area contributed by atoms with Gasteiger partial charge in [0.25, 0.3) is 0 Å². The Morgan fingerprint density at radius 3 is 1.65 bits per heavy atom. The SMILES string of the molecule is CCC=CCC=CCC=CC=CCCCCCCCCCCC. The standard InChI is InChI=1S/C23H40/c1-3-5-7-9-11-13-15-17-19-21-23-22-20-18-16-14-12-10-8-6-4-2/h5,7,11,13,17,19,21,23H,3-4,6,8-10,12,14-16,18,20,22H2,1-2H3. The van der Waals surface area contributed by atoms with Crippen molar-refractivity contribution in [3.63, 3.8) is 0 Å². The molecule has 0 aliphatic rings. The number of hydrogen-bond acceptors (Lipinski definition) is 0. The van der Waals surface area contributed by atoms with E-state index in [4.69, 9.17) is 0 Å². The van der Waals surface area contributed by atoms with Crippen molar-refractivity contribution in [3.05, 3.63) is 48.6 Å². The molecule has 0 N–H and O–H groups in total. The summed E-state index contributed by atoms with van der Waals surface area (Å²) in [6.45, 7) is 4.45. The highest BCUT2D eigenvalue weighted by molar-refractivity contribution is 5.05. The summed E-state index contributed by atoms with van der Waals surface area (Å²) < 4.78 is 0. The van der Waals surface area contributed by atoms with Crippen LogP contribution < -0.4 is 0 Å². The van der Waals surface area contributed by atoms with Crippen molar-refractivity contribution in [2.75, 3.05) is 0 Å². The van der Waals surface area contributed by atoms with E-state index in [2.05, 4.69) is 62.5 Å². The first-order valence-corrected chi connectivity index (χ1v) is 10.0. The zero-order valence-electron chi connectivity index (χ0n) is 15.8. The fourth-order valence-corrected chi connectivity index (χ4v) is 2.52. The quantitative estimate of drug-likeness (QED) is 0.152. The van der Waals surface area contributed by atoms with Crippen LogP contribution in [-0.4, -0.2) is 0 Å². The lowest BCUT2D eigenvalue weighted by Gasteiger charge is -2.00. The van der Waals surface area contributed by atoms with E-state index >= 15 is 0 Å². The lowest BCUT2D eigenvalue weighted by Crippen LogP contribution is -1.80. The Morgan fingerprint density at radius 2 is 1.00 bits per heavy atom. The lowest BCUT2D eigenvalue weighted by atomic mass is 10.1. The van der Waals surface area contributed by atoms with Crippen molar-refractivity contribution < 1.29 is 0 Å². The topological polar surface area (TPSA) is 0 Å². The Balaban J connectivity index is 3.27. The number of allylic oxidation sites excluding steroid dienone is 8. The molecule has 0 aromatic heterocycles. The fourth-order valence-electron chi connectivity index (χ4n) is 2.52. The van der Waals surface area contributed by atoms with Gasteiger partial charge in [0.15, 0.2) is 0 Å². The number of unbranched alkanes of at least 4 members (excludes halogenated alkanes) is 9. The van der Waals surface area contributed by atoms with Crippen molar-refractivity contribution in [1.82, 2.24) is 0 Å². The van der Waals surface area contributed by atoms with Crippen molar-refractivity contribution in [1.29, 1.82) is 0 Å². The van der Waals surface area contributed by atoms with Gasteiger partial charge < -0.3 is 0 Å². The minimum Gasteiger partial charge on any atom is -0.0885 e. The van der Waals surface area contributed by atoms with Crippen LogP contribution in [-0.2, 0) is 0 Å². The molecule has 0 atom stereocenters. The molecule has 0 aromatic rings. The zero-order chi connectivity index (χ0) is 16.8. The Morgan fingerprint density at radius 1 is 0.478 bits per heavy atom. The normalized spacial score (nSPS) is 12.6. The predicted molar refractivity (Wildman–Crippen MR) is 108 cm³/mol. The largest absolute Gasteiger partial charge is 0.0885 e. The Hall–Kier alpha value is -1.04. The van der Waals surface area contributed by atoms with E-state index in [1.807, 2.05) is 0 Å². The van der Waals surface area contributed by atoms with Crippen LogP contribution in [0.5, 0.6) is 0 Å². The minimum absolute atomic E-state index is 1.04. The summed E-state index contributed by atoms with van der Waals surface area (Å²) in [5, 5.41) is 0. The van der Waals surface area contributed by atoms with Crippen LogP contribution in [0.15, 0.2) is 48.6 Å². The van der Waals surface area contributed by atoms with Crippen molar-refractivity contribution >= 4 is 0 Å². The van der Waals surface area contributed by atoms with Crippen molar-refractivity contribution in [2.45, 2.75) is 97.3 Å². The van der Waals surface area contributed by atoms with E-state index in [-0.39, 0.29) is 0 Å². The average Bonchev–Trinajstić information content (AvgIpc) is 2.57. The maximum atomic E-state index is 2.31. The summed E-state index contributed by atoms with van der Waals surface area (Å²) in [5.41, 5.74) is 0. The molecule has 0 saturated heterocycles. The van der Waals surface area contributed by atoms with Crippen LogP contribution >= 0.6 is 0 Å². The predicted octanol–water partition coefficient (Wildman–Crippen LogP) is 8.32. The van der Waals surface area contributed by atoms with Crippen molar-refractivity contribution in [3.8, 4) is 0 Å². The first-order chi connectivity index (χ1) is 11.4. The second-order valence-corrected chi connectivity index (χ2v) is 6.30. The van der Waals surface area contributed by atoms with Crippen LogP contribution in [0.1, 0.15) is 97.3 Å². The van der Waals surface area contributed by atoms with Gasteiger partial charge >= 0.3 is 0 Å². The molecule has 0 amide bonds. The maximum Gasteiger partial charge on any atom is -0.0166 e. The van der Waals surface area contributed by atoms with Gasteiger partial charge in [-0.3, -0.25) is 0 Å². The van der Waals surface area contributed by atoms with Gasteiger partial charge in [-0.2, -0.15) is 0 Å². The third-order valence-electron chi connectivity index (χ3n) is 3.97. The van der Waals surface area contributed by atoms with Gasteiger partial charge in [-0.25, -0.2) is 0 Å². The van der Waals surface area contributed by atoms with E-state index in [0.717, 1.165) is 19.3 Å². The molecule has 0 aliphatic heterocycles. The molecular weight excluding hydrogens is 276 g/mol. The molecule has 0 aromatic carbocycles. The van der Waals surface area contributed by atoms with E-state index in [0.29, 0.717) is 0 Å². The Bertz CT molecular complexity index is 317. The summed E-state index contributed by atoms with van der Waals surface area (Å²) in [5.74, 6) is 0. The molecule has 23 heavy (non-hydrogen) atoms. The third kappa shape index (κ3) is 21.0. The summed E-state index contributed by atoms with van der Waals surface area (Å²) in [6.07, 6.45) is 35.0. The zero-order valence-corrected chi connectivity index (χ0v) is 15.8. The smallest absolute Gasteiger partial charge is 0.0166 e. The summed E-state index contributed by atoms with van der Waals surface area (Å²) >= 11 is 0. The van der Waals surface area contributed by atoms with Gasteiger partial charge in [0.1, 0.15) is 0 Å². The highest BCUT2D eigenvalue weighted by Gasteiger charge is 1.90. The van der Waals surface area contributed by atoms with E-state index in [9.17, 15) is 0 Å². The number of rotatable bonds is 16. The third-order valence-corrected chi connectivity index (χ3v) is 3.97. The van der Waals surface area contributed by atoms with Gasteiger partial charge in [0.05, 0.1) is 0 Å². The molecule has 0 aliphatic carbocycles. The molecule has 0 heterocycles. The molecule has 0 nitrogen and oxygen atoms in total. The molecule has 132 valence electrons. The molecule has 0 fully saturated rings. The highest BCUT2D eigenvalue weighted by Crippen LogP contribution is 2.10. The van der Waals surface area contributed by atoms with Gasteiger partial charge in [0, 0.05) is 0 Å². The molecule has 0 radical (unpaired) electrons. The van der Waals surface area contributed by atoms with Crippen LogP contribution in [0.4, 0.5) is 0 Å². The van der Waals surface area contributed by atoms with Crippen molar-refractivity contribution in [2.24, 2.45) is 0 Å². The summed E-state index contributed by atoms with van der Waals surface area (Å²) in [6, 6.07) is 0. The molecule has 0 rings (SSSR count). The van der Waals surface area contributed by atoms with E-state index < -0.39 is 0 Å². The molecule has 0 bridgehead atoms. The van der Waals surface area contributed by atoms with E-state index in [1.54, 1.807) is 0 Å². The van der Waals surface area contributed by atoms with Crippen LogP contribution in [0.25, 0.3) is 0 Å². The molecule has 0 saturated carbocycles. The van der Waals surface area contributed by atoms with Gasteiger partial charge in [-0.1, -0.05) is 114 Å². The Labute approximate surface area is 146 Å². The first-order valence-electron chi connectivity index (χ1n) is 10.0. The maximum absolute atomic E-state index is 2.31. The first kappa shape index (κ1) is 22.0. The van der Waals surface area contributed by atoms with Gasteiger partial charge in [-0.15, -0.1) is 0 Å². The molecule has 0 unspecified atom stereocenters. The van der Waals surface area contributed by atoms with Crippen LogP contribution in [0.3, 0.4) is 0 Å². The second-order valence-electron chi connectivity index (χ2n) is 6.30.